The van der Waals surface area contributed by atoms with Gasteiger partial charge in [-0.25, -0.2) is 8.42 Å². The van der Waals surface area contributed by atoms with Crippen LogP contribution in [0.4, 0.5) is 5.69 Å². The van der Waals surface area contributed by atoms with Gasteiger partial charge in [0, 0.05) is 18.1 Å². The molecule has 1 N–H and O–H groups in total. The first-order valence-corrected chi connectivity index (χ1v) is 13.6. The van der Waals surface area contributed by atoms with E-state index in [4.69, 9.17) is 27.9 Å². The van der Waals surface area contributed by atoms with Gasteiger partial charge in [0.25, 0.3) is 0 Å². The molecule has 0 bridgehead atoms. The summed E-state index contributed by atoms with van der Waals surface area (Å²) in [6.45, 7) is 5.52. The largest absolute Gasteiger partial charge is 0.495 e. The Kier molecular flexibility index (Phi) is 10.2. The van der Waals surface area contributed by atoms with Crippen molar-refractivity contribution in [3.05, 3.63) is 58.1 Å². The predicted molar refractivity (Wildman–Crippen MR) is 140 cm³/mol. The van der Waals surface area contributed by atoms with Crippen LogP contribution in [-0.2, 0) is 26.2 Å². The van der Waals surface area contributed by atoms with Crippen LogP contribution < -0.4 is 14.4 Å². The fourth-order valence-corrected chi connectivity index (χ4v) is 4.60. The van der Waals surface area contributed by atoms with Crippen LogP contribution in [0.1, 0.15) is 26.3 Å². The van der Waals surface area contributed by atoms with Crippen molar-refractivity contribution in [1.82, 2.24) is 10.2 Å². The third-order valence-corrected chi connectivity index (χ3v) is 6.87. The van der Waals surface area contributed by atoms with Gasteiger partial charge >= 0.3 is 0 Å². The summed E-state index contributed by atoms with van der Waals surface area (Å²) in [6.07, 6.45) is 0.999. The molecule has 0 aliphatic heterocycles. The van der Waals surface area contributed by atoms with E-state index in [1.54, 1.807) is 31.2 Å². The van der Waals surface area contributed by atoms with E-state index >= 15 is 0 Å². The number of nitrogens with one attached hydrogen (secondary N) is 1. The highest BCUT2D eigenvalue weighted by molar-refractivity contribution is 7.92. The number of hydrogen-bond acceptors (Lipinski definition) is 5. The summed E-state index contributed by atoms with van der Waals surface area (Å²) in [4.78, 5) is 27.7. The molecule has 2 rings (SSSR count). The predicted octanol–water partition coefficient (Wildman–Crippen LogP) is 3.96. The Hall–Kier alpha value is -2.49. The van der Waals surface area contributed by atoms with Crippen LogP contribution in [0.15, 0.2) is 42.5 Å². The maximum absolute atomic E-state index is 13.5. The maximum Gasteiger partial charge on any atom is 0.244 e. The molecule has 11 heteroatoms. The van der Waals surface area contributed by atoms with Gasteiger partial charge in [0.2, 0.25) is 21.8 Å². The molecular weight excluding hydrogens is 513 g/mol. The first-order chi connectivity index (χ1) is 16.3. The first-order valence-electron chi connectivity index (χ1n) is 11.0. The first kappa shape index (κ1) is 28.7. The number of hydrogen-bond donors (Lipinski definition) is 1. The SMILES string of the molecule is COc1ccc(N(CC(=O)N(Cc2cccc(Cl)c2)[C@H](C)C(=O)NCC(C)C)S(C)(=O)=O)cc1Cl. The van der Waals surface area contributed by atoms with Crippen molar-refractivity contribution in [1.29, 1.82) is 0 Å². The molecule has 8 nitrogen and oxygen atoms in total. The second-order valence-corrected chi connectivity index (χ2v) is 11.3. The molecule has 0 fully saturated rings. The Labute approximate surface area is 217 Å². The lowest BCUT2D eigenvalue weighted by atomic mass is 10.1. The highest BCUT2D eigenvalue weighted by Crippen LogP contribution is 2.30. The lowest BCUT2D eigenvalue weighted by Crippen LogP contribution is -2.51. The van der Waals surface area contributed by atoms with Gasteiger partial charge in [0.1, 0.15) is 18.3 Å². The molecule has 0 saturated carbocycles. The zero-order chi connectivity index (χ0) is 26.3. The summed E-state index contributed by atoms with van der Waals surface area (Å²) < 4.78 is 31.3. The lowest BCUT2D eigenvalue weighted by Gasteiger charge is -2.31. The fourth-order valence-electron chi connectivity index (χ4n) is 3.29. The molecule has 0 aromatic heterocycles. The molecule has 2 amide bonds. The van der Waals surface area contributed by atoms with Crippen molar-refractivity contribution in [3.63, 3.8) is 0 Å². The van der Waals surface area contributed by atoms with Crippen LogP contribution >= 0.6 is 23.2 Å². The van der Waals surface area contributed by atoms with E-state index in [-0.39, 0.29) is 29.1 Å². The molecule has 2 aromatic carbocycles. The number of nitrogens with zero attached hydrogens (tertiary/aromatic N) is 2. The minimum Gasteiger partial charge on any atom is -0.495 e. The van der Waals surface area contributed by atoms with E-state index in [2.05, 4.69) is 5.32 Å². The average Bonchev–Trinajstić information content (AvgIpc) is 2.78. The Balaban J connectivity index is 2.39. The van der Waals surface area contributed by atoms with Gasteiger partial charge in [0.05, 0.1) is 24.1 Å². The van der Waals surface area contributed by atoms with E-state index in [1.807, 2.05) is 13.8 Å². The minimum absolute atomic E-state index is 0.0661. The molecule has 0 unspecified atom stereocenters. The molecule has 0 heterocycles. The molecule has 2 aromatic rings. The van der Waals surface area contributed by atoms with Crippen LogP contribution in [0.5, 0.6) is 5.75 Å². The van der Waals surface area contributed by atoms with Crippen LogP contribution in [0, 0.1) is 5.92 Å². The minimum atomic E-state index is -3.87. The Morgan fingerprint density at radius 3 is 2.31 bits per heavy atom. The van der Waals surface area contributed by atoms with E-state index in [1.165, 1.54) is 30.2 Å². The number of sulfonamides is 1. The van der Waals surface area contributed by atoms with E-state index in [0.29, 0.717) is 22.9 Å². The van der Waals surface area contributed by atoms with Gasteiger partial charge < -0.3 is 15.0 Å². The monoisotopic (exact) mass is 543 g/mol. The molecule has 35 heavy (non-hydrogen) atoms. The number of ether oxygens (including phenoxy) is 1. The number of halogens is 2. The number of benzene rings is 2. The Morgan fingerprint density at radius 2 is 1.77 bits per heavy atom. The van der Waals surface area contributed by atoms with Crippen molar-refractivity contribution < 1.29 is 22.7 Å². The average molecular weight is 545 g/mol. The smallest absolute Gasteiger partial charge is 0.244 e. The summed E-state index contributed by atoms with van der Waals surface area (Å²) in [7, 11) is -2.42. The molecule has 0 spiro atoms. The number of rotatable bonds is 11. The van der Waals surface area contributed by atoms with Crippen LogP contribution in [0.2, 0.25) is 10.0 Å². The van der Waals surface area contributed by atoms with Gasteiger partial charge in [0.15, 0.2) is 0 Å². The number of carbonyl (C=O) groups excluding carboxylic acids is 2. The molecule has 0 radical (unpaired) electrons. The Morgan fingerprint density at radius 1 is 1.09 bits per heavy atom. The zero-order valence-electron chi connectivity index (χ0n) is 20.4. The van der Waals surface area contributed by atoms with E-state index < -0.39 is 28.5 Å². The molecular formula is C24H31Cl2N3O5S. The van der Waals surface area contributed by atoms with E-state index in [0.717, 1.165) is 10.6 Å². The highest BCUT2D eigenvalue weighted by Gasteiger charge is 2.30. The second kappa shape index (κ2) is 12.5. The van der Waals surface area contributed by atoms with Crippen LogP contribution in [-0.4, -0.2) is 57.6 Å². The summed E-state index contributed by atoms with van der Waals surface area (Å²) in [6, 6.07) is 10.5. The second-order valence-electron chi connectivity index (χ2n) is 8.56. The molecule has 0 saturated heterocycles. The number of methoxy groups -OCH3 is 1. The highest BCUT2D eigenvalue weighted by atomic mass is 35.5. The van der Waals surface area contributed by atoms with Crippen molar-refractivity contribution >= 4 is 50.7 Å². The number of amides is 2. The van der Waals surface area contributed by atoms with Crippen molar-refractivity contribution in [3.8, 4) is 5.75 Å². The molecule has 0 aliphatic rings. The van der Waals surface area contributed by atoms with Crippen molar-refractivity contribution in [2.24, 2.45) is 5.92 Å². The Bertz CT molecular complexity index is 1160. The normalized spacial score (nSPS) is 12.2. The van der Waals surface area contributed by atoms with Gasteiger partial charge in [-0.05, 0) is 48.7 Å². The van der Waals surface area contributed by atoms with E-state index in [9.17, 15) is 18.0 Å². The fraction of sp³-hybridized carbons (Fsp3) is 0.417. The maximum atomic E-state index is 13.5. The van der Waals surface area contributed by atoms with Gasteiger partial charge in [-0.1, -0.05) is 49.2 Å². The topological polar surface area (TPSA) is 96.0 Å². The van der Waals surface area contributed by atoms with Gasteiger partial charge in [-0.3, -0.25) is 13.9 Å². The third-order valence-electron chi connectivity index (χ3n) is 5.20. The zero-order valence-corrected chi connectivity index (χ0v) is 22.7. The van der Waals surface area contributed by atoms with Gasteiger partial charge in [-0.2, -0.15) is 0 Å². The lowest BCUT2D eigenvalue weighted by molar-refractivity contribution is -0.139. The standard InChI is InChI=1S/C24H31Cl2N3O5S/c1-16(2)13-27-24(31)17(3)28(14-18-7-6-8-19(25)11-18)23(30)15-29(35(5,32)33)20-9-10-22(34-4)21(26)12-20/h6-12,16-17H,13-15H2,1-5H3,(H,27,31)/t17-/m1/s1. The number of carbonyl (C=O) groups is 2. The van der Waals surface area contributed by atoms with Gasteiger partial charge in [-0.15, -0.1) is 0 Å². The van der Waals surface area contributed by atoms with Crippen molar-refractivity contribution in [2.75, 3.05) is 30.8 Å². The molecule has 192 valence electrons. The summed E-state index contributed by atoms with van der Waals surface area (Å²) >= 11 is 12.3. The molecule has 0 aliphatic carbocycles. The molecule has 1 atom stereocenters. The summed E-state index contributed by atoms with van der Waals surface area (Å²) in [5, 5.41) is 3.51. The van der Waals surface area contributed by atoms with Crippen molar-refractivity contribution in [2.45, 2.75) is 33.4 Å². The number of anilines is 1. The quantitative estimate of drug-likeness (QED) is 0.462. The van der Waals surface area contributed by atoms with Crippen LogP contribution in [0.25, 0.3) is 0 Å². The summed E-state index contributed by atoms with van der Waals surface area (Å²) in [5.41, 5.74) is 0.902. The summed E-state index contributed by atoms with van der Waals surface area (Å²) in [5.74, 6) is -0.306. The van der Waals surface area contributed by atoms with Crippen LogP contribution in [0.3, 0.4) is 0 Å². The third kappa shape index (κ3) is 8.30.